The van der Waals surface area contributed by atoms with E-state index < -0.39 is 0 Å². The largest absolute Gasteiger partial charge is 0.371 e. The van der Waals surface area contributed by atoms with Crippen molar-refractivity contribution in [3.63, 3.8) is 0 Å². The number of fused-ring (bicyclic) bond motifs is 1. The van der Waals surface area contributed by atoms with Crippen molar-refractivity contribution in [1.82, 2.24) is 0 Å². The average molecular weight is 207 g/mol. The molecule has 0 amide bonds. The molecule has 3 heteroatoms. The molecule has 0 radical (unpaired) electrons. The molecule has 1 aliphatic heterocycles. The second-order valence-electron chi connectivity index (χ2n) is 4.15. The number of carbonyl (C=O) groups excluding carboxylic acids is 1. The van der Waals surface area contributed by atoms with E-state index in [0.717, 1.165) is 17.7 Å². The quantitative estimate of drug-likeness (QED) is 0.740. The Labute approximate surface area is 88.7 Å². The van der Waals surface area contributed by atoms with Crippen LogP contribution in [0.4, 0.5) is 10.1 Å². The lowest BCUT2D eigenvalue weighted by Crippen LogP contribution is -2.29. The third kappa shape index (κ3) is 1.87. The molecule has 1 atom stereocenters. The molecule has 0 aromatic heterocycles. The zero-order valence-electron chi connectivity index (χ0n) is 8.96. The zero-order chi connectivity index (χ0) is 11.0. The summed E-state index contributed by atoms with van der Waals surface area (Å²) in [6.07, 6.45) is 1.30. The van der Waals surface area contributed by atoms with Gasteiger partial charge in [-0.3, -0.25) is 4.79 Å². The van der Waals surface area contributed by atoms with Gasteiger partial charge in [-0.05, 0) is 37.1 Å². The lowest BCUT2D eigenvalue weighted by atomic mass is 10.1. The summed E-state index contributed by atoms with van der Waals surface area (Å²) in [6.45, 7) is 1.59. The number of Topliss-reactive ketones (excluding diaryl/α,β-unsaturated/α-hetero) is 1. The number of nitrogens with zero attached hydrogens (tertiary/aromatic N) is 1. The van der Waals surface area contributed by atoms with Gasteiger partial charge in [0.25, 0.3) is 0 Å². The Hall–Kier alpha value is -1.38. The topological polar surface area (TPSA) is 20.3 Å². The van der Waals surface area contributed by atoms with Gasteiger partial charge in [0.05, 0.1) is 0 Å². The molecule has 0 saturated carbocycles. The summed E-state index contributed by atoms with van der Waals surface area (Å²) >= 11 is 0. The third-order valence-electron chi connectivity index (χ3n) is 2.95. The molecule has 0 saturated heterocycles. The average Bonchev–Trinajstić information content (AvgIpc) is 2.42. The van der Waals surface area contributed by atoms with Crippen molar-refractivity contribution >= 4 is 11.5 Å². The molecule has 1 unspecified atom stereocenters. The summed E-state index contributed by atoms with van der Waals surface area (Å²) in [7, 11) is 1.96. The highest BCUT2D eigenvalue weighted by atomic mass is 19.1. The summed E-state index contributed by atoms with van der Waals surface area (Å²) in [5, 5.41) is 0. The normalized spacial score (nSPS) is 19.1. The van der Waals surface area contributed by atoms with Crippen LogP contribution in [0.2, 0.25) is 0 Å². The van der Waals surface area contributed by atoms with Crippen LogP contribution >= 0.6 is 0 Å². The standard InChI is InChI=1S/C12H14FNO/c1-8(15)5-11-7-9-6-10(13)3-4-12(9)14(11)2/h3-4,6,11H,5,7H2,1-2H3. The molecule has 2 nitrogen and oxygen atoms in total. The van der Waals surface area contributed by atoms with Gasteiger partial charge in [0, 0.05) is 25.2 Å². The molecular weight excluding hydrogens is 193 g/mol. The number of rotatable bonds is 2. The first-order chi connectivity index (χ1) is 7.08. The summed E-state index contributed by atoms with van der Waals surface area (Å²) in [4.78, 5) is 13.1. The first-order valence-electron chi connectivity index (χ1n) is 5.08. The molecule has 1 aromatic rings. The molecule has 1 aliphatic rings. The third-order valence-corrected chi connectivity index (χ3v) is 2.95. The minimum atomic E-state index is -0.203. The summed E-state index contributed by atoms with van der Waals surface area (Å²) in [5.41, 5.74) is 2.05. The SMILES string of the molecule is CC(=O)CC1Cc2cc(F)ccc2N1C. The smallest absolute Gasteiger partial charge is 0.131 e. The van der Waals surface area contributed by atoms with Crippen LogP contribution in [-0.4, -0.2) is 18.9 Å². The highest BCUT2D eigenvalue weighted by Gasteiger charge is 2.27. The van der Waals surface area contributed by atoms with Gasteiger partial charge in [-0.15, -0.1) is 0 Å². The first kappa shape index (κ1) is 10.1. The fourth-order valence-electron chi connectivity index (χ4n) is 2.19. The van der Waals surface area contributed by atoms with Crippen LogP contribution in [-0.2, 0) is 11.2 Å². The van der Waals surface area contributed by atoms with Gasteiger partial charge in [0.15, 0.2) is 0 Å². The van der Waals surface area contributed by atoms with E-state index in [9.17, 15) is 9.18 Å². The molecule has 2 rings (SSSR count). The van der Waals surface area contributed by atoms with Crippen LogP contribution in [0.25, 0.3) is 0 Å². The second kappa shape index (κ2) is 3.65. The van der Waals surface area contributed by atoms with Crippen LogP contribution < -0.4 is 4.90 Å². The predicted octanol–water partition coefficient (Wildman–Crippen LogP) is 2.17. The maximum atomic E-state index is 13.0. The second-order valence-corrected chi connectivity index (χ2v) is 4.15. The highest BCUT2D eigenvalue weighted by Crippen LogP contribution is 2.32. The van der Waals surface area contributed by atoms with Gasteiger partial charge in [0.2, 0.25) is 0 Å². The zero-order valence-corrected chi connectivity index (χ0v) is 8.96. The summed E-state index contributed by atoms with van der Waals surface area (Å²) in [5.74, 6) is -0.0225. The van der Waals surface area contributed by atoms with Crippen LogP contribution in [0.1, 0.15) is 18.9 Å². The molecule has 0 spiro atoms. The highest BCUT2D eigenvalue weighted by molar-refractivity contribution is 5.77. The van der Waals surface area contributed by atoms with E-state index in [1.165, 1.54) is 6.07 Å². The molecule has 15 heavy (non-hydrogen) atoms. The molecule has 0 N–H and O–H groups in total. The lowest BCUT2D eigenvalue weighted by Gasteiger charge is -2.21. The maximum Gasteiger partial charge on any atom is 0.131 e. The Morgan fingerprint density at radius 2 is 2.33 bits per heavy atom. The minimum absolute atomic E-state index is 0.181. The van der Waals surface area contributed by atoms with Crippen molar-refractivity contribution in [3.8, 4) is 0 Å². The Bertz CT molecular complexity index is 403. The number of hydrogen-bond donors (Lipinski definition) is 0. The van der Waals surface area contributed by atoms with Crippen molar-refractivity contribution in [2.45, 2.75) is 25.8 Å². The van der Waals surface area contributed by atoms with Crippen LogP contribution in [0, 0.1) is 5.82 Å². The molecule has 0 fully saturated rings. The Kier molecular flexibility index (Phi) is 2.47. The fourth-order valence-corrected chi connectivity index (χ4v) is 2.19. The van der Waals surface area contributed by atoms with E-state index in [0.29, 0.717) is 6.42 Å². The molecule has 0 bridgehead atoms. The summed E-state index contributed by atoms with van der Waals surface area (Å²) < 4.78 is 13.0. The number of hydrogen-bond acceptors (Lipinski definition) is 2. The number of carbonyl (C=O) groups is 1. The molecule has 0 aliphatic carbocycles. The van der Waals surface area contributed by atoms with Gasteiger partial charge in [-0.25, -0.2) is 4.39 Å². The van der Waals surface area contributed by atoms with Crippen molar-refractivity contribution in [3.05, 3.63) is 29.6 Å². The summed E-state index contributed by atoms with van der Waals surface area (Å²) in [6, 6.07) is 5.00. The van der Waals surface area contributed by atoms with Gasteiger partial charge in [-0.1, -0.05) is 0 Å². The van der Waals surface area contributed by atoms with Gasteiger partial charge in [-0.2, -0.15) is 0 Å². The molecular formula is C12H14FNO. The monoisotopic (exact) mass is 207 g/mol. The van der Waals surface area contributed by atoms with E-state index in [1.54, 1.807) is 19.1 Å². The maximum absolute atomic E-state index is 13.0. The molecule has 80 valence electrons. The number of ketones is 1. The van der Waals surface area contributed by atoms with Crippen LogP contribution in [0.3, 0.4) is 0 Å². The van der Waals surface area contributed by atoms with Crippen LogP contribution in [0.5, 0.6) is 0 Å². The van der Waals surface area contributed by atoms with Gasteiger partial charge < -0.3 is 4.90 Å². The Balaban J connectivity index is 2.25. The predicted molar refractivity (Wildman–Crippen MR) is 57.6 cm³/mol. The number of benzene rings is 1. The van der Waals surface area contributed by atoms with Crippen molar-refractivity contribution < 1.29 is 9.18 Å². The van der Waals surface area contributed by atoms with Crippen molar-refractivity contribution in [1.29, 1.82) is 0 Å². The van der Waals surface area contributed by atoms with Gasteiger partial charge in [0.1, 0.15) is 11.6 Å². The van der Waals surface area contributed by atoms with Crippen molar-refractivity contribution in [2.24, 2.45) is 0 Å². The Morgan fingerprint density at radius 3 is 3.00 bits per heavy atom. The van der Waals surface area contributed by atoms with E-state index in [2.05, 4.69) is 4.90 Å². The minimum Gasteiger partial charge on any atom is -0.371 e. The van der Waals surface area contributed by atoms with E-state index in [4.69, 9.17) is 0 Å². The Morgan fingerprint density at radius 1 is 1.60 bits per heavy atom. The fraction of sp³-hybridized carbons (Fsp3) is 0.417. The lowest BCUT2D eigenvalue weighted by molar-refractivity contribution is -0.117. The van der Waals surface area contributed by atoms with E-state index in [1.807, 2.05) is 7.05 Å². The number of anilines is 1. The first-order valence-corrected chi connectivity index (χ1v) is 5.08. The molecule has 1 heterocycles. The van der Waals surface area contributed by atoms with E-state index in [-0.39, 0.29) is 17.6 Å². The number of likely N-dealkylation sites (N-methyl/N-ethyl adjacent to an activating group) is 1. The van der Waals surface area contributed by atoms with E-state index >= 15 is 0 Å². The van der Waals surface area contributed by atoms with Crippen LogP contribution in [0.15, 0.2) is 18.2 Å². The molecule has 1 aromatic carbocycles. The number of halogens is 1. The van der Waals surface area contributed by atoms with Gasteiger partial charge >= 0.3 is 0 Å². The van der Waals surface area contributed by atoms with Crippen molar-refractivity contribution in [2.75, 3.05) is 11.9 Å².